The Morgan fingerprint density at radius 1 is 0.765 bits per heavy atom. The molecule has 0 heterocycles. The summed E-state index contributed by atoms with van der Waals surface area (Å²) >= 11 is 0. The summed E-state index contributed by atoms with van der Waals surface area (Å²) in [7, 11) is 0. The number of hydrogen-bond acceptors (Lipinski definition) is 3. The average Bonchev–Trinajstić information content (AvgIpc) is 2.35. The molecule has 0 aromatic heterocycles. The maximum atomic E-state index is 5.76. The van der Waals surface area contributed by atoms with E-state index in [0.717, 1.165) is 32.5 Å². The molecule has 0 aromatic rings. The Balaban J connectivity index is 3.45. The van der Waals surface area contributed by atoms with Crippen LogP contribution in [0.3, 0.4) is 0 Å². The van der Waals surface area contributed by atoms with Gasteiger partial charge in [-0.25, -0.2) is 0 Å². The third-order valence-corrected chi connectivity index (χ3v) is 2.46. The second kappa shape index (κ2) is 13.9. The number of ether oxygens (including phenoxy) is 3. The van der Waals surface area contributed by atoms with Crippen molar-refractivity contribution in [3.8, 4) is 0 Å². The first kappa shape index (κ1) is 16.9. The van der Waals surface area contributed by atoms with Crippen LogP contribution in [0, 0.1) is 0 Å². The maximum Gasteiger partial charge on any atom is 0.0808 e. The molecule has 3 nitrogen and oxygen atoms in total. The minimum Gasteiger partial charge on any atom is -0.379 e. The van der Waals surface area contributed by atoms with Crippen LogP contribution in [0.5, 0.6) is 0 Å². The molecule has 0 saturated carbocycles. The van der Waals surface area contributed by atoms with Gasteiger partial charge in [-0.2, -0.15) is 0 Å². The Labute approximate surface area is 107 Å². The van der Waals surface area contributed by atoms with Gasteiger partial charge in [-0.3, -0.25) is 0 Å². The van der Waals surface area contributed by atoms with Crippen molar-refractivity contribution in [3.63, 3.8) is 0 Å². The molecule has 0 aromatic carbocycles. The molecule has 0 saturated heterocycles. The van der Waals surface area contributed by atoms with E-state index in [2.05, 4.69) is 20.8 Å². The Hall–Kier alpha value is -0.120. The lowest BCUT2D eigenvalue weighted by atomic mass is 10.2. The molecule has 0 aliphatic rings. The lowest BCUT2D eigenvalue weighted by Gasteiger charge is -2.17. The largest absolute Gasteiger partial charge is 0.379 e. The third kappa shape index (κ3) is 12.1. The van der Waals surface area contributed by atoms with E-state index in [0.29, 0.717) is 19.8 Å². The van der Waals surface area contributed by atoms with Gasteiger partial charge in [-0.15, -0.1) is 0 Å². The van der Waals surface area contributed by atoms with Crippen LogP contribution in [-0.2, 0) is 14.2 Å². The fourth-order valence-electron chi connectivity index (χ4n) is 1.51. The van der Waals surface area contributed by atoms with Crippen LogP contribution >= 0.6 is 0 Å². The molecule has 3 heteroatoms. The summed E-state index contributed by atoms with van der Waals surface area (Å²) in [6.45, 7) is 10.2. The van der Waals surface area contributed by atoms with Gasteiger partial charge in [-0.1, -0.05) is 33.6 Å². The fraction of sp³-hybridized carbons (Fsp3) is 1.00. The molecule has 17 heavy (non-hydrogen) atoms. The summed E-state index contributed by atoms with van der Waals surface area (Å²) in [5.41, 5.74) is 0. The van der Waals surface area contributed by atoms with Gasteiger partial charge in [0, 0.05) is 13.2 Å². The van der Waals surface area contributed by atoms with Crippen LogP contribution in [0.25, 0.3) is 0 Å². The van der Waals surface area contributed by atoms with Crippen molar-refractivity contribution in [1.82, 2.24) is 0 Å². The van der Waals surface area contributed by atoms with E-state index >= 15 is 0 Å². The highest BCUT2D eigenvalue weighted by atomic mass is 16.5. The molecule has 0 amide bonds. The molecule has 0 bridgehead atoms. The van der Waals surface area contributed by atoms with E-state index in [-0.39, 0.29) is 6.10 Å². The van der Waals surface area contributed by atoms with E-state index < -0.39 is 0 Å². The maximum absolute atomic E-state index is 5.76. The Morgan fingerprint density at radius 2 is 1.47 bits per heavy atom. The average molecular weight is 246 g/mol. The van der Waals surface area contributed by atoms with Crippen LogP contribution in [0.2, 0.25) is 0 Å². The topological polar surface area (TPSA) is 27.7 Å². The zero-order valence-electron chi connectivity index (χ0n) is 11.9. The van der Waals surface area contributed by atoms with Gasteiger partial charge in [0.15, 0.2) is 0 Å². The lowest BCUT2D eigenvalue weighted by molar-refractivity contribution is -0.0347. The molecule has 0 spiro atoms. The van der Waals surface area contributed by atoms with Crippen LogP contribution in [0.15, 0.2) is 0 Å². The highest BCUT2D eigenvalue weighted by Crippen LogP contribution is 2.06. The Kier molecular flexibility index (Phi) is 13.8. The van der Waals surface area contributed by atoms with E-state index in [1.54, 1.807) is 0 Å². The summed E-state index contributed by atoms with van der Waals surface area (Å²) in [4.78, 5) is 0. The molecule has 0 N–H and O–H groups in total. The fourth-order valence-corrected chi connectivity index (χ4v) is 1.51. The van der Waals surface area contributed by atoms with Gasteiger partial charge in [0.25, 0.3) is 0 Å². The second-order valence-corrected chi connectivity index (χ2v) is 4.32. The van der Waals surface area contributed by atoms with E-state index in [9.17, 15) is 0 Å². The molecule has 0 aliphatic carbocycles. The van der Waals surface area contributed by atoms with Crippen molar-refractivity contribution in [1.29, 1.82) is 0 Å². The summed E-state index contributed by atoms with van der Waals surface area (Å²) in [6, 6.07) is 0. The number of hydrogen-bond donors (Lipinski definition) is 0. The minimum atomic E-state index is 0.265. The van der Waals surface area contributed by atoms with E-state index in [1.807, 2.05) is 0 Å². The first-order valence-electron chi connectivity index (χ1n) is 7.12. The predicted octanol–water partition coefficient (Wildman–Crippen LogP) is 3.42. The molecule has 1 atom stereocenters. The molecule has 0 rings (SSSR count). The molecular formula is C14H30O3. The third-order valence-electron chi connectivity index (χ3n) is 2.46. The molecular weight excluding hydrogens is 216 g/mol. The van der Waals surface area contributed by atoms with E-state index in [1.165, 1.54) is 12.8 Å². The summed E-state index contributed by atoms with van der Waals surface area (Å²) < 4.78 is 16.7. The quantitative estimate of drug-likeness (QED) is 0.466. The van der Waals surface area contributed by atoms with E-state index in [4.69, 9.17) is 14.2 Å². The molecule has 0 fully saturated rings. The number of unbranched alkanes of at least 4 members (excludes halogenated alkanes) is 1. The van der Waals surface area contributed by atoms with Crippen LogP contribution in [-0.4, -0.2) is 39.1 Å². The smallest absolute Gasteiger partial charge is 0.0808 e. The summed E-state index contributed by atoms with van der Waals surface area (Å²) in [5, 5.41) is 0. The first-order chi connectivity index (χ1) is 8.35. The number of rotatable bonds is 13. The van der Waals surface area contributed by atoms with Crippen LogP contribution < -0.4 is 0 Å². The van der Waals surface area contributed by atoms with Gasteiger partial charge in [0.2, 0.25) is 0 Å². The molecule has 104 valence electrons. The lowest BCUT2D eigenvalue weighted by Crippen LogP contribution is -2.21. The van der Waals surface area contributed by atoms with Gasteiger partial charge >= 0.3 is 0 Å². The van der Waals surface area contributed by atoms with Crippen molar-refractivity contribution < 1.29 is 14.2 Å². The summed E-state index contributed by atoms with van der Waals surface area (Å²) in [5.74, 6) is 0. The summed E-state index contributed by atoms with van der Waals surface area (Å²) in [6.07, 6.45) is 5.93. The van der Waals surface area contributed by atoms with Gasteiger partial charge in [0.05, 0.1) is 25.9 Å². The van der Waals surface area contributed by atoms with Crippen molar-refractivity contribution in [2.45, 2.75) is 59.0 Å². The zero-order chi connectivity index (χ0) is 12.8. The van der Waals surface area contributed by atoms with Crippen molar-refractivity contribution in [2.75, 3.05) is 33.0 Å². The Bertz CT molecular complexity index is 131. The highest BCUT2D eigenvalue weighted by molar-refractivity contribution is 4.57. The monoisotopic (exact) mass is 246 g/mol. The zero-order valence-corrected chi connectivity index (χ0v) is 11.9. The Morgan fingerprint density at radius 3 is 2.12 bits per heavy atom. The normalized spacial score (nSPS) is 12.9. The second-order valence-electron chi connectivity index (χ2n) is 4.32. The van der Waals surface area contributed by atoms with Crippen molar-refractivity contribution in [3.05, 3.63) is 0 Å². The van der Waals surface area contributed by atoms with Gasteiger partial charge in [0.1, 0.15) is 0 Å². The SMILES string of the molecule is CCCCC(COCCOCCC)OCCC. The van der Waals surface area contributed by atoms with Crippen LogP contribution in [0.4, 0.5) is 0 Å². The highest BCUT2D eigenvalue weighted by Gasteiger charge is 2.08. The first-order valence-corrected chi connectivity index (χ1v) is 7.12. The molecule has 0 aliphatic heterocycles. The van der Waals surface area contributed by atoms with Crippen LogP contribution in [0.1, 0.15) is 52.9 Å². The standard InChI is InChI=1S/C14H30O3/c1-4-7-8-14(17-10-6-3)13-16-12-11-15-9-5-2/h14H,4-13H2,1-3H3. The van der Waals surface area contributed by atoms with Gasteiger partial charge < -0.3 is 14.2 Å². The molecule has 1 unspecified atom stereocenters. The molecule has 0 radical (unpaired) electrons. The van der Waals surface area contributed by atoms with Crippen molar-refractivity contribution >= 4 is 0 Å². The predicted molar refractivity (Wildman–Crippen MR) is 71.5 cm³/mol. The van der Waals surface area contributed by atoms with Gasteiger partial charge in [-0.05, 0) is 19.3 Å². The van der Waals surface area contributed by atoms with Crippen molar-refractivity contribution in [2.24, 2.45) is 0 Å². The minimum absolute atomic E-state index is 0.265.